The summed E-state index contributed by atoms with van der Waals surface area (Å²) in [5.74, 6) is 1.55. The fourth-order valence-electron chi connectivity index (χ4n) is 7.12. The first kappa shape index (κ1) is 24.7. The molecule has 4 aliphatic rings. The highest BCUT2D eigenvalue weighted by molar-refractivity contribution is 5.79. The topological polar surface area (TPSA) is 70.1 Å². The Balaban J connectivity index is 1.37. The van der Waals surface area contributed by atoms with E-state index in [1.54, 1.807) is 0 Å². The summed E-state index contributed by atoms with van der Waals surface area (Å²) in [6.07, 6.45) is 9.09. The molecule has 6 atom stereocenters. The molecule has 0 aromatic heterocycles. The minimum absolute atomic E-state index is 0.105. The molecule has 33 heavy (non-hydrogen) atoms. The van der Waals surface area contributed by atoms with E-state index in [2.05, 4.69) is 29.7 Å². The van der Waals surface area contributed by atoms with Gasteiger partial charge < -0.3 is 14.7 Å². The van der Waals surface area contributed by atoms with Gasteiger partial charge in [-0.1, -0.05) is 32.8 Å². The summed E-state index contributed by atoms with van der Waals surface area (Å²) in [6.45, 7) is 12.6. The maximum absolute atomic E-state index is 12.8. The van der Waals surface area contributed by atoms with Crippen LogP contribution in [0.5, 0.6) is 0 Å². The van der Waals surface area contributed by atoms with Crippen LogP contribution in [0.2, 0.25) is 0 Å². The van der Waals surface area contributed by atoms with Crippen LogP contribution in [-0.4, -0.2) is 71.2 Å². The number of rotatable bonds is 5. The Morgan fingerprint density at radius 1 is 1.15 bits per heavy atom. The first-order valence-corrected chi connectivity index (χ1v) is 13.3. The van der Waals surface area contributed by atoms with Crippen molar-refractivity contribution in [1.82, 2.24) is 9.80 Å². The third-order valence-electron chi connectivity index (χ3n) is 9.26. The summed E-state index contributed by atoms with van der Waals surface area (Å²) >= 11 is 0. The predicted molar refractivity (Wildman–Crippen MR) is 128 cm³/mol. The summed E-state index contributed by atoms with van der Waals surface area (Å²) in [4.78, 5) is 29.0. The lowest BCUT2D eigenvalue weighted by atomic mass is 9.57. The molecule has 3 aliphatic carbocycles. The Bertz CT molecular complexity index is 753. The van der Waals surface area contributed by atoms with Crippen molar-refractivity contribution in [1.29, 1.82) is 0 Å². The van der Waals surface area contributed by atoms with Crippen LogP contribution in [0.3, 0.4) is 0 Å². The Labute approximate surface area is 199 Å². The van der Waals surface area contributed by atoms with Gasteiger partial charge in [0.05, 0.1) is 5.60 Å². The molecule has 1 amide bonds. The van der Waals surface area contributed by atoms with Gasteiger partial charge >= 0.3 is 5.97 Å². The van der Waals surface area contributed by atoms with Crippen molar-refractivity contribution in [2.24, 2.45) is 29.6 Å². The average Bonchev–Trinajstić information content (AvgIpc) is 3.31. The Hall–Kier alpha value is -1.40. The van der Waals surface area contributed by atoms with E-state index in [-0.39, 0.29) is 29.8 Å². The minimum atomic E-state index is -0.816. The number of amides is 1. The van der Waals surface area contributed by atoms with Crippen LogP contribution in [0, 0.1) is 29.6 Å². The highest BCUT2D eigenvalue weighted by atomic mass is 16.5. The molecule has 1 N–H and O–H groups in total. The number of ether oxygens (including phenoxy) is 1. The van der Waals surface area contributed by atoms with Gasteiger partial charge in [0, 0.05) is 57.9 Å². The van der Waals surface area contributed by atoms with Crippen molar-refractivity contribution in [2.45, 2.75) is 84.3 Å². The van der Waals surface area contributed by atoms with Crippen LogP contribution in [0.15, 0.2) is 11.6 Å². The summed E-state index contributed by atoms with van der Waals surface area (Å²) < 4.78 is 5.54. The van der Waals surface area contributed by atoms with Gasteiger partial charge in [0.15, 0.2) is 0 Å². The third kappa shape index (κ3) is 5.17. The highest BCUT2D eigenvalue weighted by Crippen LogP contribution is 2.51. The number of hydrogen-bond donors (Lipinski definition) is 1. The zero-order valence-corrected chi connectivity index (χ0v) is 21.1. The van der Waals surface area contributed by atoms with Crippen molar-refractivity contribution in [3.05, 3.63) is 11.6 Å². The molecule has 0 spiro atoms. The number of piperazine rings is 1. The molecule has 1 saturated heterocycles. The lowest BCUT2D eigenvalue weighted by Gasteiger charge is -2.53. The molecule has 1 aliphatic heterocycles. The Morgan fingerprint density at radius 3 is 2.45 bits per heavy atom. The van der Waals surface area contributed by atoms with Crippen molar-refractivity contribution in [3.8, 4) is 0 Å². The van der Waals surface area contributed by atoms with Gasteiger partial charge in [-0.3, -0.25) is 14.5 Å². The summed E-state index contributed by atoms with van der Waals surface area (Å²) in [7, 11) is 0. The van der Waals surface area contributed by atoms with Crippen LogP contribution in [0.1, 0.15) is 72.6 Å². The van der Waals surface area contributed by atoms with E-state index in [1.165, 1.54) is 19.8 Å². The predicted octanol–water partition coefficient (Wildman–Crippen LogP) is 3.63. The summed E-state index contributed by atoms with van der Waals surface area (Å²) in [5.41, 5.74) is 0.258. The van der Waals surface area contributed by atoms with Crippen LogP contribution in [-0.2, 0) is 14.3 Å². The maximum atomic E-state index is 12.8. The van der Waals surface area contributed by atoms with Crippen LogP contribution in [0.25, 0.3) is 0 Å². The molecule has 2 saturated carbocycles. The highest BCUT2D eigenvalue weighted by Gasteiger charge is 2.52. The lowest BCUT2D eigenvalue weighted by molar-refractivity contribution is -0.159. The first-order valence-electron chi connectivity index (χ1n) is 13.3. The van der Waals surface area contributed by atoms with Crippen molar-refractivity contribution < 1.29 is 19.4 Å². The van der Waals surface area contributed by atoms with Crippen LogP contribution < -0.4 is 0 Å². The number of hydrogen-bond acceptors (Lipinski definition) is 5. The zero-order valence-electron chi connectivity index (χ0n) is 21.1. The molecular formula is C27H44N2O4. The molecule has 4 rings (SSSR count). The monoisotopic (exact) mass is 460 g/mol. The van der Waals surface area contributed by atoms with E-state index < -0.39 is 5.60 Å². The largest absolute Gasteiger partial charge is 0.458 e. The smallest absolute Gasteiger partial charge is 0.303 e. The normalized spacial score (nSPS) is 36.8. The van der Waals surface area contributed by atoms with Crippen LogP contribution in [0.4, 0.5) is 0 Å². The third-order valence-corrected chi connectivity index (χ3v) is 9.26. The zero-order chi connectivity index (χ0) is 23.8. The standard InChI is InChI=1S/C27H44N2O4/c1-18-15-24-23(10-9-20(3)27(24,32)16-25(18)33-21(4)30)19(2)17-28-11-13-29(14-12-28)26(31)22-7-5-6-8-22/h15,19-20,22-25,32H,5-14,16-17H2,1-4H3/t19?,20-,23+,24-,25-,27-/m1/s1. The molecule has 6 nitrogen and oxygen atoms in total. The van der Waals surface area contributed by atoms with Crippen molar-refractivity contribution >= 4 is 11.9 Å². The molecule has 0 aromatic carbocycles. The van der Waals surface area contributed by atoms with Gasteiger partial charge in [0.2, 0.25) is 5.91 Å². The van der Waals surface area contributed by atoms with E-state index in [0.29, 0.717) is 24.2 Å². The number of carbonyl (C=O) groups is 2. The molecule has 0 aromatic rings. The van der Waals surface area contributed by atoms with E-state index in [9.17, 15) is 14.7 Å². The fraction of sp³-hybridized carbons (Fsp3) is 0.852. The molecule has 6 heteroatoms. The maximum Gasteiger partial charge on any atom is 0.303 e. The van der Waals surface area contributed by atoms with Gasteiger partial charge in [-0.05, 0) is 55.9 Å². The Kier molecular flexibility index (Phi) is 7.54. The first-order chi connectivity index (χ1) is 15.7. The Morgan fingerprint density at radius 2 is 1.82 bits per heavy atom. The van der Waals surface area contributed by atoms with Crippen molar-refractivity contribution in [2.75, 3.05) is 32.7 Å². The van der Waals surface area contributed by atoms with Gasteiger partial charge in [-0.2, -0.15) is 0 Å². The molecule has 3 fully saturated rings. The van der Waals surface area contributed by atoms with Gasteiger partial charge in [0.25, 0.3) is 0 Å². The molecule has 0 radical (unpaired) electrons. The van der Waals surface area contributed by atoms with Gasteiger partial charge in [-0.15, -0.1) is 0 Å². The van der Waals surface area contributed by atoms with E-state index in [4.69, 9.17) is 4.74 Å². The summed E-state index contributed by atoms with van der Waals surface area (Å²) in [5, 5.41) is 11.8. The SMILES string of the molecule is CC(=O)O[C@@H]1C[C@@]2(O)[C@H](C)CC[C@@H](C(C)CN3CCN(C(=O)C4CCCC4)CC3)[C@H]2C=C1C. The fourth-order valence-corrected chi connectivity index (χ4v) is 7.12. The number of nitrogens with zero attached hydrogens (tertiary/aromatic N) is 2. The second-order valence-corrected chi connectivity index (χ2v) is 11.5. The number of esters is 1. The van der Waals surface area contributed by atoms with Crippen molar-refractivity contribution in [3.63, 3.8) is 0 Å². The summed E-state index contributed by atoms with van der Waals surface area (Å²) in [6, 6.07) is 0. The minimum Gasteiger partial charge on any atom is -0.458 e. The number of aliphatic hydroxyl groups is 1. The quantitative estimate of drug-likeness (QED) is 0.501. The lowest BCUT2D eigenvalue weighted by Crippen LogP contribution is -2.57. The van der Waals surface area contributed by atoms with E-state index >= 15 is 0 Å². The van der Waals surface area contributed by atoms with Gasteiger partial charge in [-0.25, -0.2) is 0 Å². The second-order valence-electron chi connectivity index (χ2n) is 11.5. The number of carbonyl (C=O) groups excluding carboxylic acids is 2. The van der Waals surface area contributed by atoms with E-state index in [1.807, 2.05) is 6.92 Å². The second kappa shape index (κ2) is 10.1. The molecule has 1 heterocycles. The van der Waals surface area contributed by atoms with Gasteiger partial charge in [0.1, 0.15) is 6.10 Å². The van der Waals surface area contributed by atoms with E-state index in [0.717, 1.165) is 64.0 Å². The number of fused-ring (bicyclic) bond motifs is 1. The average molecular weight is 461 g/mol. The molecular weight excluding hydrogens is 416 g/mol. The molecule has 1 unspecified atom stereocenters. The van der Waals surface area contributed by atoms with Crippen LogP contribution >= 0.6 is 0 Å². The molecule has 0 bridgehead atoms. The molecule has 186 valence electrons.